The van der Waals surface area contributed by atoms with E-state index in [1.165, 1.54) is 4.90 Å². The van der Waals surface area contributed by atoms with Crippen molar-refractivity contribution in [1.82, 2.24) is 19.4 Å². The van der Waals surface area contributed by atoms with Gasteiger partial charge in [-0.05, 0) is 24.3 Å². The topological polar surface area (TPSA) is 85.2 Å². The summed E-state index contributed by atoms with van der Waals surface area (Å²) in [5.41, 5.74) is 1.31. The lowest BCUT2D eigenvalue weighted by atomic mass is 10.1. The molecule has 4 aromatic rings. The van der Waals surface area contributed by atoms with Crippen LogP contribution in [0.5, 0.6) is 0 Å². The fourth-order valence-corrected chi connectivity index (χ4v) is 4.48. The third kappa shape index (κ3) is 3.44. The summed E-state index contributed by atoms with van der Waals surface area (Å²) in [6.45, 7) is 0.593. The number of thiazole rings is 1. The standard InChI is InChI=1S/C23H18N4O3S/c28-21-15-5-1-2-6-16(15)22(29)27(21)12-9-19-25-18-8-4-3-7-17(18)23(30)26(19)13-10-20-24-11-14-31-20/h1-8,11,14H,9-10,12-13H2. The van der Waals surface area contributed by atoms with Gasteiger partial charge in [0.25, 0.3) is 17.4 Å². The Bertz CT molecular complexity index is 1330. The highest BCUT2D eigenvalue weighted by atomic mass is 32.1. The van der Waals surface area contributed by atoms with Gasteiger partial charge < -0.3 is 0 Å². The Kier molecular flexibility index (Phi) is 4.91. The van der Waals surface area contributed by atoms with Crippen LogP contribution in [0.25, 0.3) is 10.9 Å². The zero-order valence-corrected chi connectivity index (χ0v) is 17.3. The van der Waals surface area contributed by atoms with Crippen molar-refractivity contribution in [2.45, 2.75) is 19.4 Å². The first kappa shape index (κ1) is 19.3. The van der Waals surface area contributed by atoms with E-state index in [0.717, 1.165) is 5.01 Å². The highest BCUT2D eigenvalue weighted by Crippen LogP contribution is 2.22. The maximum atomic E-state index is 13.2. The summed E-state index contributed by atoms with van der Waals surface area (Å²) in [6, 6.07) is 14.0. The van der Waals surface area contributed by atoms with E-state index in [0.29, 0.717) is 47.2 Å². The van der Waals surface area contributed by atoms with Gasteiger partial charge in [-0.15, -0.1) is 11.3 Å². The van der Waals surface area contributed by atoms with E-state index < -0.39 is 0 Å². The van der Waals surface area contributed by atoms with Crippen LogP contribution < -0.4 is 5.56 Å². The Morgan fingerprint density at radius 3 is 2.26 bits per heavy atom. The molecule has 0 unspecified atom stereocenters. The van der Waals surface area contributed by atoms with E-state index >= 15 is 0 Å². The number of hydrogen-bond donors (Lipinski definition) is 0. The lowest BCUT2D eigenvalue weighted by molar-refractivity contribution is 0.0655. The normalized spacial score (nSPS) is 13.2. The van der Waals surface area contributed by atoms with E-state index in [1.807, 2.05) is 17.5 Å². The van der Waals surface area contributed by atoms with Gasteiger partial charge in [0, 0.05) is 37.5 Å². The van der Waals surface area contributed by atoms with Crippen molar-refractivity contribution in [2.24, 2.45) is 0 Å². The first-order valence-corrected chi connectivity index (χ1v) is 10.8. The van der Waals surface area contributed by atoms with Gasteiger partial charge in [0.1, 0.15) is 5.82 Å². The summed E-state index contributed by atoms with van der Waals surface area (Å²) >= 11 is 1.54. The van der Waals surface area contributed by atoms with Crippen LogP contribution >= 0.6 is 11.3 Å². The Hall–Kier alpha value is -3.65. The second-order valence-electron chi connectivity index (χ2n) is 7.24. The SMILES string of the molecule is O=C1c2ccccc2C(=O)N1CCc1nc2ccccc2c(=O)n1CCc1nccs1. The fourth-order valence-electron chi connectivity index (χ4n) is 3.87. The summed E-state index contributed by atoms with van der Waals surface area (Å²) in [7, 11) is 0. The first-order valence-electron chi connectivity index (χ1n) is 9.95. The number of carbonyl (C=O) groups excluding carboxylic acids is 2. The van der Waals surface area contributed by atoms with Crippen LogP contribution in [0.1, 0.15) is 31.5 Å². The van der Waals surface area contributed by atoms with Crippen molar-refractivity contribution in [3.05, 3.63) is 92.4 Å². The summed E-state index contributed by atoms with van der Waals surface area (Å²) in [5.74, 6) is -0.0621. The molecule has 0 N–H and O–H groups in total. The number of aromatic nitrogens is 3. The van der Waals surface area contributed by atoms with Crippen LogP contribution in [-0.2, 0) is 19.4 Å². The molecule has 3 heterocycles. The van der Waals surface area contributed by atoms with Gasteiger partial charge >= 0.3 is 0 Å². The van der Waals surface area contributed by atoms with Gasteiger partial charge in [-0.1, -0.05) is 24.3 Å². The fraction of sp³-hybridized carbons (Fsp3) is 0.174. The molecular formula is C23H18N4O3S. The number of amides is 2. The van der Waals surface area contributed by atoms with Gasteiger partial charge in [-0.2, -0.15) is 0 Å². The van der Waals surface area contributed by atoms with Crippen LogP contribution in [0.2, 0.25) is 0 Å². The quantitative estimate of drug-likeness (QED) is 0.439. The van der Waals surface area contributed by atoms with Gasteiger partial charge in [0.2, 0.25) is 0 Å². The van der Waals surface area contributed by atoms with Crippen LogP contribution in [-0.4, -0.2) is 37.8 Å². The molecule has 0 saturated carbocycles. The monoisotopic (exact) mass is 430 g/mol. The first-order chi connectivity index (χ1) is 15.1. The molecule has 0 bridgehead atoms. The number of hydrogen-bond acceptors (Lipinski definition) is 6. The van der Waals surface area contributed by atoms with E-state index in [1.54, 1.807) is 58.5 Å². The van der Waals surface area contributed by atoms with Crippen LogP contribution in [0, 0.1) is 0 Å². The Balaban J connectivity index is 1.46. The van der Waals surface area contributed by atoms with Gasteiger partial charge in [-0.25, -0.2) is 9.97 Å². The third-order valence-corrected chi connectivity index (χ3v) is 6.25. The van der Waals surface area contributed by atoms with Crippen LogP contribution in [0.4, 0.5) is 0 Å². The number of nitrogens with zero attached hydrogens (tertiary/aromatic N) is 4. The maximum Gasteiger partial charge on any atom is 0.261 e. The predicted octanol–water partition coefficient (Wildman–Crippen LogP) is 2.93. The second kappa shape index (κ2) is 7.88. The number of imide groups is 1. The highest BCUT2D eigenvalue weighted by molar-refractivity contribution is 7.09. The molecule has 0 radical (unpaired) electrons. The van der Waals surface area contributed by atoms with Crippen molar-refractivity contribution in [2.75, 3.05) is 6.54 Å². The molecular weight excluding hydrogens is 412 g/mol. The Morgan fingerprint density at radius 1 is 0.839 bits per heavy atom. The predicted molar refractivity (Wildman–Crippen MR) is 117 cm³/mol. The third-order valence-electron chi connectivity index (χ3n) is 5.41. The second-order valence-corrected chi connectivity index (χ2v) is 8.21. The zero-order chi connectivity index (χ0) is 21.4. The number of benzene rings is 2. The molecule has 2 aromatic heterocycles. The molecule has 7 nitrogen and oxygen atoms in total. The summed E-state index contributed by atoms with van der Waals surface area (Å²) < 4.78 is 1.64. The molecule has 1 aliphatic rings. The lowest BCUT2D eigenvalue weighted by Gasteiger charge is -2.17. The molecule has 154 valence electrons. The summed E-state index contributed by atoms with van der Waals surface area (Å²) in [5, 5.41) is 3.39. The average Bonchev–Trinajstić information content (AvgIpc) is 3.39. The van der Waals surface area contributed by atoms with E-state index in [9.17, 15) is 14.4 Å². The van der Waals surface area contributed by atoms with Crippen molar-refractivity contribution < 1.29 is 9.59 Å². The average molecular weight is 430 g/mol. The number of carbonyl (C=O) groups is 2. The molecule has 31 heavy (non-hydrogen) atoms. The van der Waals surface area contributed by atoms with Gasteiger partial charge in [0.15, 0.2) is 0 Å². The van der Waals surface area contributed by atoms with Gasteiger partial charge in [0.05, 0.1) is 27.0 Å². The Labute approximate surface area is 181 Å². The number of aryl methyl sites for hydroxylation is 1. The lowest BCUT2D eigenvalue weighted by Crippen LogP contribution is -2.34. The van der Waals surface area contributed by atoms with Crippen molar-refractivity contribution in [3.8, 4) is 0 Å². The van der Waals surface area contributed by atoms with Crippen molar-refractivity contribution >= 4 is 34.1 Å². The minimum atomic E-state index is -0.307. The molecule has 5 rings (SSSR count). The molecule has 0 spiro atoms. The summed E-state index contributed by atoms with van der Waals surface area (Å²) in [4.78, 5) is 48.8. The molecule has 0 aliphatic carbocycles. The molecule has 8 heteroatoms. The molecule has 2 aromatic carbocycles. The maximum absolute atomic E-state index is 13.2. The molecule has 0 saturated heterocycles. The van der Waals surface area contributed by atoms with E-state index in [4.69, 9.17) is 4.98 Å². The number of fused-ring (bicyclic) bond motifs is 2. The smallest absolute Gasteiger partial charge is 0.261 e. The highest BCUT2D eigenvalue weighted by Gasteiger charge is 2.34. The van der Waals surface area contributed by atoms with Crippen molar-refractivity contribution in [1.29, 1.82) is 0 Å². The van der Waals surface area contributed by atoms with Crippen LogP contribution in [0.15, 0.2) is 64.9 Å². The van der Waals surface area contributed by atoms with Gasteiger partial charge in [-0.3, -0.25) is 23.9 Å². The largest absolute Gasteiger partial charge is 0.296 e. The van der Waals surface area contributed by atoms with Crippen LogP contribution in [0.3, 0.4) is 0 Å². The molecule has 0 atom stereocenters. The minimum Gasteiger partial charge on any atom is -0.296 e. The molecule has 1 aliphatic heterocycles. The minimum absolute atomic E-state index is 0.125. The van der Waals surface area contributed by atoms with Crippen molar-refractivity contribution in [3.63, 3.8) is 0 Å². The van der Waals surface area contributed by atoms with E-state index in [-0.39, 0.29) is 23.9 Å². The Morgan fingerprint density at radius 2 is 1.55 bits per heavy atom. The number of para-hydroxylation sites is 1. The molecule has 0 fully saturated rings. The van der Waals surface area contributed by atoms with E-state index in [2.05, 4.69) is 4.98 Å². The number of rotatable bonds is 6. The zero-order valence-electron chi connectivity index (χ0n) is 16.5. The summed E-state index contributed by atoms with van der Waals surface area (Å²) in [6.07, 6.45) is 2.64. The molecule has 2 amide bonds.